The second kappa shape index (κ2) is 6.59. The molecule has 117 valence electrons. The molecule has 1 atom stereocenters. The van der Waals surface area contributed by atoms with Crippen LogP contribution in [0.2, 0.25) is 0 Å². The minimum absolute atomic E-state index is 0.0767. The molecule has 1 unspecified atom stereocenters. The number of nitrogens with zero attached hydrogens (tertiary/aromatic N) is 1. The van der Waals surface area contributed by atoms with Crippen LogP contribution in [-0.4, -0.2) is 9.97 Å². The number of fused-ring (bicyclic) bond motifs is 1. The third kappa shape index (κ3) is 3.01. The van der Waals surface area contributed by atoms with E-state index in [0.29, 0.717) is 0 Å². The van der Waals surface area contributed by atoms with Gasteiger partial charge < -0.3 is 10.3 Å². The molecular weight excluding hydrogens is 294 g/mol. The standard InChI is InChI=1S/C21H18N3/c1-2-6-16(7-3-1)21(24-18-10-12-22-13-11-18)14-17-15-23-20-9-5-4-8-19(17)20/h1-15,21,23H,(H,22,24). The quantitative estimate of drug-likeness (QED) is 0.546. The van der Waals surface area contributed by atoms with E-state index in [4.69, 9.17) is 0 Å². The third-order valence-corrected chi connectivity index (χ3v) is 4.13. The molecule has 0 fully saturated rings. The van der Waals surface area contributed by atoms with Gasteiger partial charge >= 0.3 is 0 Å². The summed E-state index contributed by atoms with van der Waals surface area (Å²) in [7, 11) is 0. The Morgan fingerprint density at radius 3 is 2.46 bits per heavy atom. The Morgan fingerprint density at radius 2 is 1.62 bits per heavy atom. The molecule has 2 aromatic carbocycles. The number of H-pyrrole nitrogens is 1. The van der Waals surface area contributed by atoms with Crippen molar-refractivity contribution in [1.82, 2.24) is 9.97 Å². The van der Waals surface area contributed by atoms with E-state index in [9.17, 15) is 0 Å². The molecule has 3 nitrogen and oxygen atoms in total. The van der Waals surface area contributed by atoms with Gasteiger partial charge in [0.15, 0.2) is 0 Å². The van der Waals surface area contributed by atoms with Crippen molar-refractivity contribution < 1.29 is 0 Å². The van der Waals surface area contributed by atoms with Crippen molar-refractivity contribution in [2.45, 2.75) is 6.04 Å². The number of para-hydroxylation sites is 1. The van der Waals surface area contributed by atoms with Crippen molar-refractivity contribution in [3.8, 4) is 0 Å². The number of aromatic amines is 1. The molecule has 0 aliphatic carbocycles. The fourth-order valence-corrected chi connectivity index (χ4v) is 2.92. The van der Waals surface area contributed by atoms with Crippen LogP contribution in [0.3, 0.4) is 0 Å². The lowest BCUT2D eigenvalue weighted by molar-refractivity contribution is 0.923. The van der Waals surface area contributed by atoms with Crippen LogP contribution < -0.4 is 5.32 Å². The smallest absolute Gasteiger partial charge is 0.0589 e. The molecule has 24 heavy (non-hydrogen) atoms. The summed E-state index contributed by atoms with van der Waals surface area (Å²) in [5.41, 5.74) is 4.62. The molecule has 0 amide bonds. The van der Waals surface area contributed by atoms with E-state index in [-0.39, 0.29) is 6.04 Å². The number of hydrogen-bond acceptors (Lipinski definition) is 2. The van der Waals surface area contributed by atoms with Gasteiger partial charge in [-0.25, -0.2) is 0 Å². The molecule has 3 heteroatoms. The summed E-state index contributed by atoms with van der Waals surface area (Å²) in [5.74, 6) is 0. The zero-order valence-electron chi connectivity index (χ0n) is 13.2. The monoisotopic (exact) mass is 312 g/mol. The summed E-state index contributed by atoms with van der Waals surface area (Å²) >= 11 is 0. The van der Waals surface area contributed by atoms with Crippen LogP contribution in [0.15, 0.2) is 85.3 Å². The first-order chi connectivity index (χ1) is 11.9. The van der Waals surface area contributed by atoms with Gasteiger partial charge in [-0.15, -0.1) is 0 Å². The number of rotatable bonds is 5. The van der Waals surface area contributed by atoms with Crippen LogP contribution in [0.4, 0.5) is 5.69 Å². The van der Waals surface area contributed by atoms with Crippen LogP contribution in [0.5, 0.6) is 0 Å². The summed E-state index contributed by atoms with van der Waals surface area (Å²) in [4.78, 5) is 7.43. The fourth-order valence-electron chi connectivity index (χ4n) is 2.92. The number of hydrogen-bond donors (Lipinski definition) is 2. The van der Waals surface area contributed by atoms with Crippen molar-refractivity contribution in [1.29, 1.82) is 0 Å². The van der Waals surface area contributed by atoms with Crippen molar-refractivity contribution >= 4 is 16.6 Å². The van der Waals surface area contributed by atoms with Gasteiger partial charge in [-0.3, -0.25) is 4.98 Å². The maximum atomic E-state index is 4.09. The first kappa shape index (κ1) is 14.5. The van der Waals surface area contributed by atoms with Crippen molar-refractivity contribution in [2.24, 2.45) is 0 Å². The van der Waals surface area contributed by atoms with Gasteiger partial charge in [0.1, 0.15) is 0 Å². The second-order valence-corrected chi connectivity index (χ2v) is 5.72. The van der Waals surface area contributed by atoms with Gasteiger partial charge in [-0.1, -0.05) is 48.5 Å². The fraction of sp³-hybridized carbons (Fsp3) is 0.0476. The Bertz CT molecular complexity index is 913. The molecule has 0 saturated carbocycles. The Balaban J connectivity index is 1.67. The largest absolute Gasteiger partial charge is 0.378 e. The molecule has 1 radical (unpaired) electrons. The average Bonchev–Trinajstić information content (AvgIpc) is 3.06. The Kier molecular flexibility index (Phi) is 3.98. The van der Waals surface area contributed by atoms with E-state index in [2.05, 4.69) is 70.4 Å². The summed E-state index contributed by atoms with van der Waals surface area (Å²) in [6.45, 7) is 0. The molecule has 0 aliphatic heterocycles. The molecule has 0 bridgehead atoms. The maximum Gasteiger partial charge on any atom is 0.0589 e. The number of benzene rings is 2. The lowest BCUT2D eigenvalue weighted by atomic mass is 9.98. The Morgan fingerprint density at radius 1 is 0.875 bits per heavy atom. The summed E-state index contributed by atoms with van der Waals surface area (Å²) in [5, 5.41) is 4.82. The average molecular weight is 312 g/mol. The number of pyridine rings is 1. The van der Waals surface area contributed by atoms with Crippen LogP contribution in [0.1, 0.15) is 17.2 Å². The third-order valence-electron chi connectivity index (χ3n) is 4.13. The van der Waals surface area contributed by atoms with Gasteiger partial charge in [0.05, 0.1) is 6.04 Å². The van der Waals surface area contributed by atoms with Gasteiger partial charge in [-0.05, 0) is 29.3 Å². The molecule has 0 spiro atoms. The molecule has 0 aliphatic rings. The Labute approximate surface area is 141 Å². The summed E-state index contributed by atoms with van der Waals surface area (Å²) in [6.07, 6.45) is 7.93. The molecule has 4 aromatic rings. The highest BCUT2D eigenvalue weighted by Gasteiger charge is 2.15. The van der Waals surface area contributed by atoms with E-state index in [1.165, 1.54) is 16.5 Å². The van der Waals surface area contributed by atoms with Crippen molar-refractivity contribution in [3.05, 3.63) is 103 Å². The first-order valence-corrected chi connectivity index (χ1v) is 8.03. The molecule has 0 saturated heterocycles. The highest BCUT2D eigenvalue weighted by molar-refractivity contribution is 5.84. The highest BCUT2D eigenvalue weighted by Crippen LogP contribution is 2.28. The zero-order valence-corrected chi connectivity index (χ0v) is 13.2. The number of aromatic nitrogens is 2. The van der Waals surface area contributed by atoms with Gasteiger partial charge in [0.25, 0.3) is 0 Å². The normalized spacial score (nSPS) is 12.2. The summed E-state index contributed by atoms with van der Waals surface area (Å²) < 4.78 is 0. The number of nitrogens with one attached hydrogen (secondary N) is 2. The minimum atomic E-state index is 0.0767. The van der Waals surface area contributed by atoms with Crippen LogP contribution >= 0.6 is 0 Å². The molecule has 2 heterocycles. The van der Waals surface area contributed by atoms with E-state index in [1.807, 2.05) is 24.3 Å². The molecule has 2 aromatic heterocycles. The van der Waals surface area contributed by atoms with Crippen molar-refractivity contribution in [2.75, 3.05) is 5.32 Å². The van der Waals surface area contributed by atoms with E-state index < -0.39 is 0 Å². The van der Waals surface area contributed by atoms with E-state index in [0.717, 1.165) is 11.2 Å². The Hall–Kier alpha value is -3.07. The SMILES string of the molecule is [CH](c1c[nH]c2ccccc12)C(Nc1ccncc1)c1ccccc1. The highest BCUT2D eigenvalue weighted by atomic mass is 14.9. The van der Waals surface area contributed by atoms with Gasteiger partial charge in [0.2, 0.25) is 0 Å². The van der Waals surface area contributed by atoms with E-state index >= 15 is 0 Å². The topological polar surface area (TPSA) is 40.7 Å². The first-order valence-electron chi connectivity index (χ1n) is 8.03. The predicted octanol–water partition coefficient (Wildman–Crippen LogP) is 4.97. The number of anilines is 1. The van der Waals surface area contributed by atoms with Gasteiger partial charge in [-0.2, -0.15) is 0 Å². The second-order valence-electron chi connectivity index (χ2n) is 5.72. The van der Waals surface area contributed by atoms with Gasteiger partial charge in [0, 0.05) is 41.6 Å². The molecular formula is C21H18N3. The van der Waals surface area contributed by atoms with Crippen LogP contribution in [-0.2, 0) is 0 Å². The minimum Gasteiger partial charge on any atom is -0.378 e. The predicted molar refractivity (Wildman–Crippen MR) is 98.7 cm³/mol. The lowest BCUT2D eigenvalue weighted by Gasteiger charge is -2.20. The zero-order chi connectivity index (χ0) is 16.2. The lowest BCUT2D eigenvalue weighted by Crippen LogP contribution is -2.12. The molecule has 4 rings (SSSR count). The summed E-state index contributed by atoms with van der Waals surface area (Å²) in [6, 6.07) is 22.9. The van der Waals surface area contributed by atoms with Crippen molar-refractivity contribution in [3.63, 3.8) is 0 Å². The van der Waals surface area contributed by atoms with Crippen LogP contribution in [0.25, 0.3) is 10.9 Å². The van der Waals surface area contributed by atoms with E-state index in [1.54, 1.807) is 12.4 Å². The maximum absolute atomic E-state index is 4.09. The molecule has 2 N–H and O–H groups in total. The van der Waals surface area contributed by atoms with Crippen LogP contribution in [0, 0.1) is 6.42 Å².